The molecule has 1 amide bonds. The number of likely N-dealkylation sites (tertiary alicyclic amines) is 1. The molecule has 2 N–H and O–H groups in total. The normalized spacial score (nSPS) is 20.7. The van der Waals surface area contributed by atoms with Crippen LogP contribution in [0.2, 0.25) is 5.02 Å². The molecule has 5 heteroatoms. The minimum absolute atomic E-state index is 0.0998. The van der Waals surface area contributed by atoms with Crippen LogP contribution in [0, 0.1) is 0 Å². The number of hydrogen-bond acceptors (Lipinski definition) is 3. The second-order valence-electron chi connectivity index (χ2n) is 4.56. The molecule has 0 bridgehead atoms. The first-order chi connectivity index (χ1) is 8.65. The van der Waals surface area contributed by atoms with Crippen molar-refractivity contribution in [2.75, 3.05) is 25.0 Å². The van der Waals surface area contributed by atoms with Crippen molar-refractivity contribution in [2.45, 2.75) is 18.9 Å². The summed E-state index contributed by atoms with van der Waals surface area (Å²) >= 11 is 5.97. The Morgan fingerprint density at radius 1 is 1.50 bits per heavy atom. The second kappa shape index (κ2) is 6.18. The average Bonchev–Trinajstić information content (AvgIpc) is 2.32. The highest BCUT2D eigenvalue weighted by molar-refractivity contribution is 6.33. The molecule has 0 aliphatic carbocycles. The van der Waals surface area contributed by atoms with Gasteiger partial charge in [0.15, 0.2) is 0 Å². The van der Waals surface area contributed by atoms with E-state index in [1.165, 1.54) is 0 Å². The molecule has 1 aromatic rings. The van der Waals surface area contributed by atoms with E-state index >= 15 is 0 Å². The summed E-state index contributed by atoms with van der Waals surface area (Å²) in [6, 6.07) is 7.15. The molecule has 1 aromatic carbocycles. The van der Waals surface area contributed by atoms with E-state index in [9.17, 15) is 9.90 Å². The van der Waals surface area contributed by atoms with E-state index in [2.05, 4.69) is 5.32 Å². The number of β-amino-alcohol motifs (C(OH)–C–C–N with tert-alkyl or cyclic N) is 1. The quantitative estimate of drug-likeness (QED) is 0.878. The van der Waals surface area contributed by atoms with Crippen molar-refractivity contribution in [3.8, 4) is 0 Å². The van der Waals surface area contributed by atoms with Gasteiger partial charge in [-0.25, -0.2) is 0 Å². The highest BCUT2D eigenvalue weighted by Gasteiger charge is 2.19. The van der Waals surface area contributed by atoms with Gasteiger partial charge in [-0.2, -0.15) is 0 Å². The van der Waals surface area contributed by atoms with Gasteiger partial charge in [-0.1, -0.05) is 23.7 Å². The molecule has 0 aromatic heterocycles. The van der Waals surface area contributed by atoms with Crippen LogP contribution in [0.5, 0.6) is 0 Å². The molecule has 1 atom stereocenters. The summed E-state index contributed by atoms with van der Waals surface area (Å²) < 4.78 is 0. The van der Waals surface area contributed by atoms with Crippen molar-refractivity contribution >= 4 is 23.2 Å². The SMILES string of the molecule is O=C(CN1CCC[C@H](O)C1)Nc1ccccc1Cl. The number of amides is 1. The van der Waals surface area contributed by atoms with Gasteiger partial charge in [0.2, 0.25) is 5.91 Å². The minimum Gasteiger partial charge on any atom is -0.392 e. The number of nitrogens with one attached hydrogen (secondary N) is 1. The van der Waals surface area contributed by atoms with Crippen molar-refractivity contribution in [1.29, 1.82) is 0 Å². The van der Waals surface area contributed by atoms with E-state index in [4.69, 9.17) is 11.6 Å². The van der Waals surface area contributed by atoms with Crippen LogP contribution in [-0.2, 0) is 4.79 Å². The number of rotatable bonds is 3. The fraction of sp³-hybridized carbons (Fsp3) is 0.462. The van der Waals surface area contributed by atoms with Crippen LogP contribution in [0.3, 0.4) is 0 Å². The van der Waals surface area contributed by atoms with Crippen LogP contribution in [0.1, 0.15) is 12.8 Å². The monoisotopic (exact) mass is 268 g/mol. The number of piperidine rings is 1. The number of hydrogen-bond donors (Lipinski definition) is 2. The maximum Gasteiger partial charge on any atom is 0.238 e. The van der Waals surface area contributed by atoms with Gasteiger partial charge >= 0.3 is 0 Å². The predicted molar refractivity (Wildman–Crippen MR) is 71.8 cm³/mol. The van der Waals surface area contributed by atoms with Gasteiger partial charge in [-0.3, -0.25) is 9.69 Å². The molecule has 1 saturated heterocycles. The lowest BCUT2D eigenvalue weighted by atomic mass is 10.1. The number of carbonyl (C=O) groups excluding carboxylic acids is 1. The first-order valence-corrected chi connectivity index (χ1v) is 6.48. The van der Waals surface area contributed by atoms with Gasteiger partial charge < -0.3 is 10.4 Å². The molecule has 0 saturated carbocycles. The molecule has 0 radical (unpaired) electrons. The second-order valence-corrected chi connectivity index (χ2v) is 4.97. The zero-order chi connectivity index (χ0) is 13.0. The number of anilines is 1. The minimum atomic E-state index is -0.313. The number of nitrogens with zero attached hydrogens (tertiary/aromatic N) is 1. The van der Waals surface area contributed by atoms with Gasteiger partial charge in [0.25, 0.3) is 0 Å². The number of para-hydroxylation sites is 1. The Labute approximate surface area is 112 Å². The fourth-order valence-corrected chi connectivity index (χ4v) is 2.31. The number of aliphatic hydroxyl groups excluding tert-OH is 1. The molecule has 4 nitrogen and oxygen atoms in total. The van der Waals surface area contributed by atoms with Gasteiger partial charge in [-0.15, -0.1) is 0 Å². The smallest absolute Gasteiger partial charge is 0.238 e. The third-order valence-corrected chi connectivity index (χ3v) is 3.33. The van der Waals surface area contributed by atoms with E-state index in [0.29, 0.717) is 23.8 Å². The van der Waals surface area contributed by atoms with Crippen LogP contribution in [0.15, 0.2) is 24.3 Å². The number of carbonyl (C=O) groups is 1. The van der Waals surface area contributed by atoms with E-state index in [1.807, 2.05) is 17.0 Å². The lowest BCUT2D eigenvalue weighted by Gasteiger charge is -2.29. The van der Waals surface area contributed by atoms with Gasteiger partial charge in [0.1, 0.15) is 0 Å². The summed E-state index contributed by atoms with van der Waals surface area (Å²) in [5.74, 6) is -0.0998. The van der Waals surface area contributed by atoms with Crippen LogP contribution < -0.4 is 5.32 Å². The third-order valence-electron chi connectivity index (χ3n) is 3.00. The summed E-state index contributed by atoms with van der Waals surface area (Å²) in [6.45, 7) is 1.71. The van der Waals surface area contributed by atoms with Crippen molar-refractivity contribution < 1.29 is 9.90 Å². The topological polar surface area (TPSA) is 52.6 Å². The van der Waals surface area contributed by atoms with E-state index < -0.39 is 0 Å². The van der Waals surface area contributed by atoms with Crippen LogP contribution >= 0.6 is 11.6 Å². The molecule has 98 valence electrons. The molecule has 0 spiro atoms. The molecule has 18 heavy (non-hydrogen) atoms. The van der Waals surface area contributed by atoms with Gasteiger partial charge in [-0.05, 0) is 31.5 Å². The summed E-state index contributed by atoms with van der Waals surface area (Å²) in [5, 5.41) is 12.8. The van der Waals surface area contributed by atoms with E-state index in [-0.39, 0.29) is 12.0 Å². The third kappa shape index (κ3) is 3.70. The lowest BCUT2D eigenvalue weighted by Crippen LogP contribution is -2.42. The van der Waals surface area contributed by atoms with Gasteiger partial charge in [0, 0.05) is 6.54 Å². The molecular weight excluding hydrogens is 252 g/mol. The molecular formula is C13H17ClN2O2. The van der Waals surface area contributed by atoms with Crippen molar-refractivity contribution in [3.63, 3.8) is 0 Å². The molecule has 1 fully saturated rings. The first-order valence-electron chi connectivity index (χ1n) is 6.10. The summed E-state index contributed by atoms with van der Waals surface area (Å²) in [7, 11) is 0. The van der Waals surface area contributed by atoms with Crippen LogP contribution in [0.4, 0.5) is 5.69 Å². The lowest BCUT2D eigenvalue weighted by molar-refractivity contribution is -0.118. The highest BCUT2D eigenvalue weighted by atomic mass is 35.5. The Morgan fingerprint density at radius 2 is 2.28 bits per heavy atom. The summed E-state index contributed by atoms with van der Waals surface area (Å²) in [5.41, 5.74) is 0.627. The predicted octanol–water partition coefficient (Wildman–Crippen LogP) is 1.74. The largest absolute Gasteiger partial charge is 0.392 e. The maximum atomic E-state index is 11.8. The standard InChI is InChI=1S/C13H17ClN2O2/c14-11-5-1-2-6-12(11)15-13(18)9-16-7-3-4-10(17)8-16/h1-2,5-6,10,17H,3-4,7-9H2,(H,15,18)/t10-/m0/s1. The molecule has 2 rings (SSSR count). The Kier molecular flexibility index (Phi) is 4.58. The fourth-order valence-electron chi connectivity index (χ4n) is 2.13. The summed E-state index contributed by atoms with van der Waals surface area (Å²) in [4.78, 5) is 13.8. The number of benzene rings is 1. The summed E-state index contributed by atoms with van der Waals surface area (Å²) in [6.07, 6.45) is 1.44. The maximum absolute atomic E-state index is 11.8. The molecule has 0 unspecified atom stereocenters. The van der Waals surface area contributed by atoms with Crippen LogP contribution in [-0.4, -0.2) is 41.7 Å². The van der Waals surface area contributed by atoms with E-state index in [1.54, 1.807) is 12.1 Å². The Hall–Kier alpha value is -1.10. The Balaban J connectivity index is 1.87. The Morgan fingerprint density at radius 3 is 3.00 bits per heavy atom. The average molecular weight is 269 g/mol. The molecule has 1 aliphatic rings. The number of halogens is 1. The first kappa shape index (κ1) is 13.3. The van der Waals surface area contributed by atoms with Gasteiger partial charge in [0.05, 0.1) is 23.4 Å². The number of aliphatic hydroxyl groups is 1. The molecule has 1 heterocycles. The molecule has 1 aliphatic heterocycles. The van der Waals surface area contributed by atoms with Crippen molar-refractivity contribution in [1.82, 2.24) is 4.90 Å². The van der Waals surface area contributed by atoms with Crippen molar-refractivity contribution in [3.05, 3.63) is 29.3 Å². The zero-order valence-corrected chi connectivity index (χ0v) is 10.9. The zero-order valence-electron chi connectivity index (χ0n) is 10.1. The van der Waals surface area contributed by atoms with Crippen LogP contribution in [0.25, 0.3) is 0 Å². The Bertz CT molecular complexity index is 425. The highest BCUT2D eigenvalue weighted by Crippen LogP contribution is 2.20. The van der Waals surface area contributed by atoms with E-state index in [0.717, 1.165) is 19.4 Å². The van der Waals surface area contributed by atoms with Crippen molar-refractivity contribution in [2.24, 2.45) is 0 Å².